The van der Waals surface area contributed by atoms with E-state index in [0.717, 1.165) is 5.39 Å². The molecule has 1 atom stereocenters. The smallest absolute Gasteiger partial charge is 0.251 e. The van der Waals surface area contributed by atoms with Crippen LogP contribution in [0.3, 0.4) is 0 Å². The van der Waals surface area contributed by atoms with Gasteiger partial charge in [0.25, 0.3) is 5.91 Å². The number of carbonyl (C=O) groups excluding carboxylic acids is 2. The molecule has 0 saturated heterocycles. The number of nitrogens with one attached hydrogen (secondary N) is 2. The summed E-state index contributed by atoms with van der Waals surface area (Å²) in [5.41, 5.74) is 1.30. The molecule has 3 rings (SSSR count). The Morgan fingerprint density at radius 1 is 1.10 bits per heavy atom. The van der Waals surface area contributed by atoms with Crippen molar-refractivity contribution in [2.24, 2.45) is 0 Å². The second kappa shape index (κ2) is 9.78. The number of fused-ring (bicyclic) bond motifs is 1. The number of benzene rings is 2. The summed E-state index contributed by atoms with van der Waals surface area (Å²) in [5, 5.41) is 6.71. The molecule has 1 unspecified atom stereocenters. The van der Waals surface area contributed by atoms with Crippen molar-refractivity contribution in [2.45, 2.75) is 32.7 Å². The average molecular weight is 394 g/mol. The molecule has 29 heavy (non-hydrogen) atoms. The maximum atomic E-state index is 12.2. The lowest BCUT2D eigenvalue weighted by molar-refractivity contribution is -0.121. The Kier molecular flexibility index (Phi) is 6.89. The molecule has 0 aliphatic heterocycles. The first-order chi connectivity index (χ1) is 14.1. The highest BCUT2D eigenvalue weighted by atomic mass is 16.5. The fraction of sp³-hybridized carbons (Fsp3) is 0.304. The predicted octanol–water partition coefficient (Wildman–Crippen LogP) is 4.22. The monoisotopic (exact) mass is 394 g/mol. The third-order valence-electron chi connectivity index (χ3n) is 4.53. The van der Waals surface area contributed by atoms with Crippen LogP contribution in [-0.4, -0.2) is 25.0 Å². The van der Waals surface area contributed by atoms with Gasteiger partial charge in [-0.15, -0.1) is 0 Å². The SMILES string of the molecule is CCOc1cccc2cc(C(C)NC(=O)CCCNC(=O)c3ccccc3)oc12. The largest absolute Gasteiger partial charge is 0.490 e. The third-order valence-corrected chi connectivity index (χ3v) is 4.53. The first-order valence-electron chi connectivity index (χ1n) is 9.86. The fourth-order valence-electron chi connectivity index (χ4n) is 3.07. The number of carbonyl (C=O) groups is 2. The molecule has 0 spiro atoms. The van der Waals surface area contributed by atoms with Gasteiger partial charge >= 0.3 is 0 Å². The van der Waals surface area contributed by atoms with Crippen LogP contribution in [0.5, 0.6) is 5.75 Å². The van der Waals surface area contributed by atoms with E-state index in [-0.39, 0.29) is 17.9 Å². The van der Waals surface area contributed by atoms with E-state index in [1.807, 2.05) is 56.3 Å². The highest BCUT2D eigenvalue weighted by Gasteiger charge is 2.16. The van der Waals surface area contributed by atoms with Gasteiger partial charge in [-0.1, -0.05) is 30.3 Å². The molecule has 0 saturated carbocycles. The summed E-state index contributed by atoms with van der Waals surface area (Å²) in [6.45, 7) is 4.81. The summed E-state index contributed by atoms with van der Waals surface area (Å²) in [7, 11) is 0. The molecule has 2 N–H and O–H groups in total. The van der Waals surface area contributed by atoms with Crippen molar-refractivity contribution in [1.82, 2.24) is 10.6 Å². The van der Waals surface area contributed by atoms with Crippen molar-refractivity contribution in [3.8, 4) is 5.75 Å². The van der Waals surface area contributed by atoms with Gasteiger partial charge in [0.15, 0.2) is 11.3 Å². The van der Waals surface area contributed by atoms with Gasteiger partial charge in [-0.25, -0.2) is 0 Å². The van der Waals surface area contributed by atoms with Crippen molar-refractivity contribution in [1.29, 1.82) is 0 Å². The second-order valence-electron chi connectivity index (χ2n) is 6.77. The normalized spacial score (nSPS) is 11.8. The van der Waals surface area contributed by atoms with E-state index in [4.69, 9.17) is 9.15 Å². The standard InChI is InChI=1S/C23H26N2O4/c1-3-28-19-12-7-11-18-15-20(29-22(18)19)16(2)25-21(26)13-8-14-24-23(27)17-9-5-4-6-10-17/h4-7,9-12,15-16H,3,8,13-14H2,1-2H3,(H,24,27)(H,25,26). The molecule has 1 aromatic heterocycles. The lowest BCUT2D eigenvalue weighted by Gasteiger charge is -2.11. The third kappa shape index (κ3) is 5.38. The topological polar surface area (TPSA) is 80.6 Å². The fourth-order valence-corrected chi connectivity index (χ4v) is 3.07. The van der Waals surface area contributed by atoms with Crippen LogP contribution in [0, 0.1) is 0 Å². The molecule has 6 heteroatoms. The van der Waals surface area contributed by atoms with Crippen molar-refractivity contribution in [2.75, 3.05) is 13.2 Å². The Balaban J connectivity index is 1.47. The van der Waals surface area contributed by atoms with Crippen LogP contribution < -0.4 is 15.4 Å². The molecule has 0 aliphatic carbocycles. The molecule has 0 radical (unpaired) electrons. The molecule has 0 bridgehead atoms. The summed E-state index contributed by atoms with van der Waals surface area (Å²) < 4.78 is 11.5. The molecule has 0 aliphatic rings. The molecule has 6 nitrogen and oxygen atoms in total. The van der Waals surface area contributed by atoms with Crippen LogP contribution in [0.1, 0.15) is 48.8 Å². The average Bonchev–Trinajstić information content (AvgIpc) is 3.17. The number of hydrogen-bond donors (Lipinski definition) is 2. The van der Waals surface area contributed by atoms with Crippen LogP contribution in [0.25, 0.3) is 11.0 Å². The van der Waals surface area contributed by atoms with Gasteiger partial charge in [-0.3, -0.25) is 9.59 Å². The highest BCUT2D eigenvalue weighted by Crippen LogP contribution is 2.31. The Bertz CT molecular complexity index is 965. The lowest BCUT2D eigenvalue weighted by atomic mass is 10.2. The Labute approximate surface area is 170 Å². The predicted molar refractivity (Wildman–Crippen MR) is 112 cm³/mol. The van der Waals surface area contributed by atoms with Gasteiger partial charge in [-0.05, 0) is 44.5 Å². The molecule has 2 amide bonds. The summed E-state index contributed by atoms with van der Waals surface area (Å²) >= 11 is 0. The summed E-state index contributed by atoms with van der Waals surface area (Å²) in [4.78, 5) is 24.2. The first-order valence-corrected chi connectivity index (χ1v) is 9.86. The number of ether oxygens (including phenoxy) is 1. The van der Waals surface area contributed by atoms with E-state index in [1.165, 1.54) is 0 Å². The quantitative estimate of drug-likeness (QED) is 0.533. The van der Waals surface area contributed by atoms with Crippen LogP contribution in [-0.2, 0) is 4.79 Å². The van der Waals surface area contributed by atoms with E-state index in [9.17, 15) is 9.59 Å². The van der Waals surface area contributed by atoms with E-state index in [2.05, 4.69) is 10.6 Å². The maximum absolute atomic E-state index is 12.2. The summed E-state index contributed by atoms with van der Waals surface area (Å²) in [5.74, 6) is 1.16. The minimum absolute atomic E-state index is 0.0862. The van der Waals surface area contributed by atoms with Crippen molar-refractivity contribution in [3.05, 3.63) is 65.9 Å². The van der Waals surface area contributed by atoms with E-state index in [1.54, 1.807) is 12.1 Å². The minimum Gasteiger partial charge on any atom is -0.490 e. The Morgan fingerprint density at radius 3 is 2.66 bits per heavy atom. The van der Waals surface area contributed by atoms with Gasteiger partial charge in [0.05, 0.1) is 12.6 Å². The van der Waals surface area contributed by atoms with Gasteiger partial charge < -0.3 is 19.8 Å². The Hall–Kier alpha value is -3.28. The molecule has 152 valence electrons. The van der Waals surface area contributed by atoms with E-state index in [0.29, 0.717) is 48.6 Å². The van der Waals surface area contributed by atoms with E-state index >= 15 is 0 Å². The molecule has 1 heterocycles. The minimum atomic E-state index is -0.261. The number of para-hydroxylation sites is 1. The number of furan rings is 1. The first kappa shape index (κ1) is 20.5. The summed E-state index contributed by atoms with van der Waals surface area (Å²) in [6.07, 6.45) is 0.885. The van der Waals surface area contributed by atoms with E-state index < -0.39 is 0 Å². The van der Waals surface area contributed by atoms with Crippen molar-refractivity contribution in [3.63, 3.8) is 0 Å². The zero-order valence-electron chi connectivity index (χ0n) is 16.7. The number of hydrogen-bond acceptors (Lipinski definition) is 4. The molecular weight excluding hydrogens is 368 g/mol. The van der Waals surface area contributed by atoms with Crippen LogP contribution in [0.4, 0.5) is 0 Å². The molecular formula is C23H26N2O4. The van der Waals surface area contributed by atoms with Crippen molar-refractivity contribution < 1.29 is 18.7 Å². The maximum Gasteiger partial charge on any atom is 0.251 e. The van der Waals surface area contributed by atoms with Gasteiger partial charge in [0, 0.05) is 23.9 Å². The molecule has 3 aromatic rings. The van der Waals surface area contributed by atoms with Crippen molar-refractivity contribution >= 4 is 22.8 Å². The zero-order chi connectivity index (χ0) is 20.6. The summed E-state index contributed by atoms with van der Waals surface area (Å²) in [6, 6.07) is 16.4. The molecule has 2 aromatic carbocycles. The van der Waals surface area contributed by atoms with Gasteiger partial charge in [-0.2, -0.15) is 0 Å². The number of rotatable bonds is 9. The molecule has 0 fully saturated rings. The highest BCUT2D eigenvalue weighted by molar-refractivity contribution is 5.94. The lowest BCUT2D eigenvalue weighted by Crippen LogP contribution is -2.28. The van der Waals surface area contributed by atoms with Crippen LogP contribution in [0.2, 0.25) is 0 Å². The second-order valence-corrected chi connectivity index (χ2v) is 6.77. The van der Waals surface area contributed by atoms with Crippen LogP contribution >= 0.6 is 0 Å². The Morgan fingerprint density at radius 2 is 1.90 bits per heavy atom. The van der Waals surface area contributed by atoms with Crippen LogP contribution in [0.15, 0.2) is 59.0 Å². The van der Waals surface area contributed by atoms with Gasteiger partial charge in [0.2, 0.25) is 5.91 Å². The van der Waals surface area contributed by atoms with Gasteiger partial charge in [0.1, 0.15) is 5.76 Å². The number of amides is 2. The zero-order valence-corrected chi connectivity index (χ0v) is 16.7.